The molecule has 0 radical (unpaired) electrons. The molecular formula is C15H13ClN2OS. The summed E-state index contributed by atoms with van der Waals surface area (Å²) in [6, 6.07) is 13.6. The second-order valence-corrected chi connectivity index (χ2v) is 5.75. The van der Waals surface area contributed by atoms with E-state index in [1.165, 1.54) is 11.8 Å². The van der Waals surface area contributed by atoms with Crippen LogP contribution < -0.4 is 5.73 Å². The van der Waals surface area contributed by atoms with E-state index >= 15 is 0 Å². The van der Waals surface area contributed by atoms with E-state index in [0.29, 0.717) is 16.8 Å². The quantitative estimate of drug-likeness (QED) is 0.787. The van der Waals surface area contributed by atoms with Gasteiger partial charge in [0.15, 0.2) is 5.58 Å². The number of hydrogen-bond acceptors (Lipinski definition) is 4. The lowest BCUT2D eigenvalue weighted by Gasteiger charge is -2.04. The predicted octanol–water partition coefficient (Wildman–Crippen LogP) is 4.13. The van der Waals surface area contributed by atoms with Crippen molar-refractivity contribution in [2.45, 2.75) is 16.5 Å². The zero-order valence-electron chi connectivity index (χ0n) is 10.7. The van der Waals surface area contributed by atoms with Crippen LogP contribution in [0.25, 0.3) is 11.1 Å². The summed E-state index contributed by atoms with van der Waals surface area (Å²) in [5, 5.41) is 1.29. The first-order valence-electron chi connectivity index (χ1n) is 6.28. The SMILES string of the molecule is NCCc1ccc(Sc2nc3ccccc3o2)c(Cl)c1. The van der Waals surface area contributed by atoms with E-state index in [0.717, 1.165) is 28.0 Å². The third-order valence-electron chi connectivity index (χ3n) is 2.90. The Morgan fingerprint density at radius 2 is 2.05 bits per heavy atom. The zero-order chi connectivity index (χ0) is 13.9. The van der Waals surface area contributed by atoms with Gasteiger partial charge in [0, 0.05) is 4.90 Å². The van der Waals surface area contributed by atoms with Gasteiger partial charge in [-0.1, -0.05) is 29.8 Å². The minimum absolute atomic E-state index is 0.597. The Kier molecular flexibility index (Phi) is 3.96. The van der Waals surface area contributed by atoms with Gasteiger partial charge in [0.05, 0.1) is 5.02 Å². The highest BCUT2D eigenvalue weighted by atomic mass is 35.5. The predicted molar refractivity (Wildman–Crippen MR) is 82.3 cm³/mol. The van der Waals surface area contributed by atoms with Gasteiger partial charge in [-0.3, -0.25) is 0 Å². The van der Waals surface area contributed by atoms with E-state index < -0.39 is 0 Å². The molecule has 0 spiro atoms. The van der Waals surface area contributed by atoms with Crippen LogP contribution in [0.1, 0.15) is 5.56 Å². The number of benzene rings is 2. The summed E-state index contributed by atoms with van der Waals surface area (Å²) in [6.07, 6.45) is 0.827. The van der Waals surface area contributed by atoms with Crippen molar-refractivity contribution >= 4 is 34.5 Å². The van der Waals surface area contributed by atoms with Crippen molar-refractivity contribution < 1.29 is 4.42 Å². The van der Waals surface area contributed by atoms with Gasteiger partial charge in [-0.25, -0.2) is 4.98 Å². The van der Waals surface area contributed by atoms with Gasteiger partial charge in [0.2, 0.25) is 0 Å². The fourth-order valence-electron chi connectivity index (χ4n) is 1.94. The molecule has 0 aliphatic rings. The molecule has 5 heteroatoms. The molecule has 3 aromatic rings. The number of rotatable bonds is 4. The molecule has 0 saturated heterocycles. The molecule has 0 saturated carbocycles. The molecule has 3 nitrogen and oxygen atoms in total. The maximum atomic E-state index is 6.28. The van der Waals surface area contributed by atoms with Crippen LogP contribution in [0, 0.1) is 0 Å². The molecule has 102 valence electrons. The van der Waals surface area contributed by atoms with E-state index in [4.69, 9.17) is 21.8 Å². The van der Waals surface area contributed by atoms with E-state index in [2.05, 4.69) is 4.98 Å². The van der Waals surface area contributed by atoms with Gasteiger partial charge in [-0.2, -0.15) is 0 Å². The number of halogens is 1. The highest BCUT2D eigenvalue weighted by Crippen LogP contribution is 2.34. The maximum Gasteiger partial charge on any atom is 0.261 e. The van der Waals surface area contributed by atoms with Crippen molar-refractivity contribution in [3.8, 4) is 0 Å². The number of fused-ring (bicyclic) bond motifs is 1. The molecule has 20 heavy (non-hydrogen) atoms. The zero-order valence-corrected chi connectivity index (χ0v) is 12.2. The molecular weight excluding hydrogens is 292 g/mol. The molecule has 0 aliphatic heterocycles. The molecule has 0 aliphatic carbocycles. The van der Waals surface area contributed by atoms with Crippen LogP contribution in [0.4, 0.5) is 0 Å². The summed E-state index contributed by atoms with van der Waals surface area (Å²) < 4.78 is 5.68. The van der Waals surface area contributed by atoms with Crippen LogP contribution >= 0.6 is 23.4 Å². The minimum Gasteiger partial charge on any atom is -0.431 e. The summed E-state index contributed by atoms with van der Waals surface area (Å²) >= 11 is 7.71. The van der Waals surface area contributed by atoms with Crippen molar-refractivity contribution in [2.75, 3.05) is 6.54 Å². The Hall–Kier alpha value is -1.49. The molecule has 2 aromatic carbocycles. The van der Waals surface area contributed by atoms with Crippen molar-refractivity contribution in [3.63, 3.8) is 0 Å². The summed E-state index contributed by atoms with van der Waals surface area (Å²) in [5.41, 5.74) is 8.32. The van der Waals surface area contributed by atoms with Crippen LogP contribution in [0.5, 0.6) is 0 Å². The Morgan fingerprint density at radius 3 is 2.80 bits per heavy atom. The second-order valence-electron chi connectivity index (χ2n) is 4.35. The van der Waals surface area contributed by atoms with Gasteiger partial charge < -0.3 is 10.2 Å². The first-order valence-corrected chi connectivity index (χ1v) is 7.47. The first-order chi connectivity index (χ1) is 9.76. The molecule has 3 rings (SSSR count). The van der Waals surface area contributed by atoms with E-state index in [-0.39, 0.29) is 0 Å². The number of nitrogens with zero attached hydrogens (tertiary/aromatic N) is 1. The number of hydrogen-bond donors (Lipinski definition) is 1. The van der Waals surface area contributed by atoms with Gasteiger partial charge in [-0.05, 0) is 54.6 Å². The molecule has 0 atom stereocenters. The Morgan fingerprint density at radius 1 is 1.20 bits per heavy atom. The summed E-state index contributed by atoms with van der Waals surface area (Å²) in [6.45, 7) is 0.619. The number of nitrogens with two attached hydrogens (primary N) is 1. The first kappa shape index (κ1) is 13.5. The smallest absolute Gasteiger partial charge is 0.261 e. The molecule has 1 aromatic heterocycles. The van der Waals surface area contributed by atoms with Gasteiger partial charge in [0.25, 0.3) is 5.22 Å². The molecule has 0 amide bonds. The van der Waals surface area contributed by atoms with E-state index in [1.54, 1.807) is 0 Å². The monoisotopic (exact) mass is 304 g/mol. The third kappa shape index (κ3) is 2.82. The Bertz CT molecular complexity index is 709. The summed E-state index contributed by atoms with van der Waals surface area (Å²) in [5.74, 6) is 0. The molecule has 2 N–H and O–H groups in total. The fourth-order valence-corrected chi connectivity index (χ4v) is 3.01. The third-order valence-corrected chi connectivity index (χ3v) is 4.25. The lowest BCUT2D eigenvalue weighted by Crippen LogP contribution is -2.02. The van der Waals surface area contributed by atoms with Crippen molar-refractivity contribution in [2.24, 2.45) is 5.73 Å². The normalized spacial score (nSPS) is 11.1. The minimum atomic E-state index is 0.597. The molecule has 0 fully saturated rings. The highest BCUT2D eigenvalue weighted by Gasteiger charge is 2.10. The van der Waals surface area contributed by atoms with Crippen molar-refractivity contribution in [1.82, 2.24) is 4.98 Å². The van der Waals surface area contributed by atoms with Gasteiger partial charge in [0.1, 0.15) is 5.52 Å². The summed E-state index contributed by atoms with van der Waals surface area (Å²) in [7, 11) is 0. The molecule has 0 bridgehead atoms. The van der Waals surface area contributed by atoms with Crippen LogP contribution in [-0.2, 0) is 6.42 Å². The van der Waals surface area contributed by atoms with E-state index in [9.17, 15) is 0 Å². The van der Waals surface area contributed by atoms with Crippen molar-refractivity contribution in [3.05, 3.63) is 53.1 Å². The van der Waals surface area contributed by atoms with Crippen LogP contribution in [0.2, 0.25) is 5.02 Å². The summed E-state index contributed by atoms with van der Waals surface area (Å²) in [4.78, 5) is 5.36. The van der Waals surface area contributed by atoms with Crippen molar-refractivity contribution in [1.29, 1.82) is 0 Å². The van der Waals surface area contributed by atoms with Gasteiger partial charge in [-0.15, -0.1) is 0 Å². The maximum absolute atomic E-state index is 6.28. The second kappa shape index (κ2) is 5.87. The van der Waals surface area contributed by atoms with Crippen LogP contribution in [0.15, 0.2) is 57.0 Å². The largest absolute Gasteiger partial charge is 0.431 e. The number of oxazole rings is 1. The fraction of sp³-hybridized carbons (Fsp3) is 0.133. The van der Waals surface area contributed by atoms with E-state index in [1.807, 2.05) is 42.5 Å². The average Bonchev–Trinajstić information content (AvgIpc) is 2.84. The molecule has 0 unspecified atom stereocenters. The lowest BCUT2D eigenvalue weighted by molar-refractivity contribution is 0.489. The standard InChI is InChI=1S/C15H13ClN2OS/c16-11-9-10(7-8-17)5-6-14(11)20-15-18-12-3-1-2-4-13(12)19-15/h1-6,9H,7-8,17H2. The highest BCUT2D eigenvalue weighted by molar-refractivity contribution is 7.99. The van der Waals surface area contributed by atoms with Crippen LogP contribution in [0.3, 0.4) is 0 Å². The number of para-hydroxylation sites is 2. The average molecular weight is 305 g/mol. The van der Waals surface area contributed by atoms with Gasteiger partial charge >= 0.3 is 0 Å². The van der Waals surface area contributed by atoms with Crippen LogP contribution in [-0.4, -0.2) is 11.5 Å². The number of aromatic nitrogens is 1. The Balaban J connectivity index is 1.86. The topological polar surface area (TPSA) is 52.0 Å². The molecule has 1 heterocycles. The Labute approximate surface area is 126 Å². The lowest BCUT2D eigenvalue weighted by atomic mass is 10.1.